The van der Waals surface area contributed by atoms with Crippen molar-refractivity contribution >= 4 is 12.3 Å². The number of carbonyl (C=O) groups excluding carboxylic acids is 2. The normalized spacial score (nSPS) is 11.4. The van der Waals surface area contributed by atoms with Crippen LogP contribution in [0, 0.1) is 0 Å². The smallest absolute Gasteiger partial charge is 0.354 e. The van der Waals surface area contributed by atoms with E-state index < -0.39 is 12.1 Å². The van der Waals surface area contributed by atoms with Gasteiger partial charge in [-0.2, -0.15) is 0 Å². The second-order valence-corrected chi connectivity index (χ2v) is 3.08. The van der Waals surface area contributed by atoms with Gasteiger partial charge >= 0.3 is 5.97 Å². The van der Waals surface area contributed by atoms with E-state index in [0.29, 0.717) is 17.8 Å². The predicted molar refractivity (Wildman–Crippen MR) is 60.1 cm³/mol. The first-order valence-corrected chi connectivity index (χ1v) is 5.14. The van der Waals surface area contributed by atoms with E-state index in [1.54, 1.807) is 31.2 Å². The molecular formula is C12H14O5. The minimum atomic E-state index is -1.27. The van der Waals surface area contributed by atoms with Crippen molar-refractivity contribution < 1.29 is 23.8 Å². The molecule has 0 N–H and O–H groups in total. The van der Waals surface area contributed by atoms with Gasteiger partial charge in [-0.15, -0.1) is 0 Å². The Morgan fingerprint density at radius 3 is 2.53 bits per heavy atom. The largest absolute Gasteiger partial charge is 0.493 e. The van der Waals surface area contributed by atoms with Gasteiger partial charge in [-0.3, -0.25) is 4.79 Å². The standard InChI is InChI=1S/C12H14O5/c1-3-16-12(14)11(8-13)17-10-7-5-4-6-9(10)15-2/h4-8,11H,3H2,1-2H3. The molecule has 0 heterocycles. The summed E-state index contributed by atoms with van der Waals surface area (Å²) in [6, 6.07) is 6.74. The molecule has 17 heavy (non-hydrogen) atoms. The van der Waals surface area contributed by atoms with Crippen LogP contribution in [0.5, 0.6) is 11.5 Å². The van der Waals surface area contributed by atoms with Crippen LogP contribution in [0.25, 0.3) is 0 Å². The molecule has 0 radical (unpaired) electrons. The molecule has 0 aliphatic rings. The minimum absolute atomic E-state index is 0.193. The van der Waals surface area contributed by atoms with Gasteiger partial charge in [-0.1, -0.05) is 12.1 Å². The van der Waals surface area contributed by atoms with E-state index in [9.17, 15) is 9.59 Å². The summed E-state index contributed by atoms with van der Waals surface area (Å²) in [5.74, 6) is 0.0530. The van der Waals surface area contributed by atoms with Gasteiger partial charge in [0.15, 0.2) is 17.8 Å². The fraction of sp³-hybridized carbons (Fsp3) is 0.333. The first-order chi connectivity index (χ1) is 8.22. The molecule has 5 nitrogen and oxygen atoms in total. The number of rotatable bonds is 6. The third-order valence-corrected chi connectivity index (χ3v) is 1.97. The Morgan fingerprint density at radius 1 is 1.35 bits per heavy atom. The summed E-state index contributed by atoms with van der Waals surface area (Å²) in [5, 5.41) is 0. The molecule has 0 aliphatic carbocycles. The van der Waals surface area contributed by atoms with Gasteiger partial charge in [-0.05, 0) is 19.1 Å². The Hall–Kier alpha value is -2.04. The lowest BCUT2D eigenvalue weighted by molar-refractivity contribution is -0.152. The van der Waals surface area contributed by atoms with Crippen LogP contribution in [0.4, 0.5) is 0 Å². The van der Waals surface area contributed by atoms with Crippen LogP contribution < -0.4 is 9.47 Å². The van der Waals surface area contributed by atoms with Gasteiger partial charge in [0.25, 0.3) is 0 Å². The lowest BCUT2D eigenvalue weighted by Crippen LogP contribution is -2.30. The number of para-hydroxylation sites is 2. The lowest BCUT2D eigenvalue weighted by Gasteiger charge is -2.14. The molecule has 0 saturated heterocycles. The molecule has 0 aromatic heterocycles. The summed E-state index contributed by atoms with van der Waals surface area (Å²) in [4.78, 5) is 22.1. The highest BCUT2D eigenvalue weighted by molar-refractivity contribution is 5.91. The SMILES string of the molecule is CCOC(=O)C(C=O)Oc1ccccc1OC. The number of aldehydes is 1. The van der Waals surface area contributed by atoms with Gasteiger partial charge in [0, 0.05) is 0 Å². The Kier molecular flexibility index (Phi) is 5.00. The Morgan fingerprint density at radius 2 is 2.00 bits per heavy atom. The summed E-state index contributed by atoms with van der Waals surface area (Å²) in [5.41, 5.74) is 0. The molecule has 1 unspecified atom stereocenters. The van der Waals surface area contributed by atoms with E-state index in [2.05, 4.69) is 0 Å². The van der Waals surface area contributed by atoms with Gasteiger partial charge in [0.2, 0.25) is 6.10 Å². The second-order valence-electron chi connectivity index (χ2n) is 3.08. The molecule has 1 atom stereocenters. The van der Waals surface area contributed by atoms with Crippen LogP contribution in [0.3, 0.4) is 0 Å². The molecule has 0 fully saturated rings. The molecule has 0 aliphatic heterocycles. The van der Waals surface area contributed by atoms with Gasteiger partial charge in [-0.25, -0.2) is 4.79 Å². The highest BCUT2D eigenvalue weighted by Gasteiger charge is 2.22. The van der Waals surface area contributed by atoms with Crippen LogP contribution in [0.15, 0.2) is 24.3 Å². The van der Waals surface area contributed by atoms with E-state index in [1.807, 2.05) is 0 Å². The fourth-order valence-corrected chi connectivity index (χ4v) is 1.21. The summed E-state index contributed by atoms with van der Waals surface area (Å²) >= 11 is 0. The average Bonchev–Trinajstić information content (AvgIpc) is 2.36. The van der Waals surface area contributed by atoms with Gasteiger partial charge < -0.3 is 14.2 Å². The molecule has 0 spiro atoms. The Bertz CT molecular complexity index is 388. The van der Waals surface area contributed by atoms with Crippen molar-refractivity contribution in [1.29, 1.82) is 0 Å². The summed E-state index contributed by atoms with van der Waals surface area (Å²) in [7, 11) is 1.47. The Balaban J connectivity index is 2.80. The number of carbonyl (C=O) groups is 2. The molecule has 0 saturated carbocycles. The van der Waals surface area contributed by atoms with Crippen molar-refractivity contribution in [2.45, 2.75) is 13.0 Å². The molecule has 5 heteroatoms. The van der Waals surface area contributed by atoms with Crippen molar-refractivity contribution in [2.75, 3.05) is 13.7 Å². The zero-order valence-electron chi connectivity index (χ0n) is 9.71. The zero-order valence-corrected chi connectivity index (χ0v) is 9.71. The number of ether oxygens (including phenoxy) is 3. The lowest BCUT2D eigenvalue weighted by atomic mass is 10.3. The van der Waals surface area contributed by atoms with Crippen molar-refractivity contribution in [3.63, 3.8) is 0 Å². The first kappa shape index (κ1) is 13.0. The van der Waals surface area contributed by atoms with Crippen LogP contribution in [-0.4, -0.2) is 32.1 Å². The molecule has 1 rings (SSSR count). The fourth-order valence-electron chi connectivity index (χ4n) is 1.21. The van der Waals surface area contributed by atoms with Crippen LogP contribution >= 0.6 is 0 Å². The number of benzene rings is 1. The molecule has 0 bridgehead atoms. The summed E-state index contributed by atoms with van der Waals surface area (Å²) in [6.45, 7) is 1.85. The average molecular weight is 238 g/mol. The van der Waals surface area contributed by atoms with E-state index in [1.165, 1.54) is 7.11 Å². The number of esters is 1. The maximum absolute atomic E-state index is 11.4. The van der Waals surface area contributed by atoms with E-state index >= 15 is 0 Å². The van der Waals surface area contributed by atoms with E-state index in [-0.39, 0.29) is 6.61 Å². The Labute approximate surface area is 99.3 Å². The highest BCUT2D eigenvalue weighted by Crippen LogP contribution is 2.26. The van der Waals surface area contributed by atoms with Crippen molar-refractivity contribution in [1.82, 2.24) is 0 Å². The van der Waals surface area contributed by atoms with Gasteiger partial charge in [0.05, 0.1) is 13.7 Å². The molecule has 1 aromatic carbocycles. The number of hydrogen-bond donors (Lipinski definition) is 0. The third-order valence-electron chi connectivity index (χ3n) is 1.97. The number of hydrogen-bond acceptors (Lipinski definition) is 5. The third kappa shape index (κ3) is 3.48. The van der Waals surface area contributed by atoms with E-state index in [4.69, 9.17) is 14.2 Å². The van der Waals surface area contributed by atoms with Crippen molar-refractivity contribution in [3.8, 4) is 11.5 Å². The zero-order chi connectivity index (χ0) is 12.7. The maximum Gasteiger partial charge on any atom is 0.354 e. The second kappa shape index (κ2) is 6.52. The maximum atomic E-state index is 11.4. The van der Waals surface area contributed by atoms with Crippen molar-refractivity contribution in [3.05, 3.63) is 24.3 Å². The number of methoxy groups -OCH3 is 1. The van der Waals surface area contributed by atoms with Crippen LogP contribution in [0.1, 0.15) is 6.92 Å². The van der Waals surface area contributed by atoms with Gasteiger partial charge in [0.1, 0.15) is 0 Å². The highest BCUT2D eigenvalue weighted by atomic mass is 16.6. The van der Waals surface area contributed by atoms with Crippen LogP contribution in [0.2, 0.25) is 0 Å². The van der Waals surface area contributed by atoms with Crippen LogP contribution in [-0.2, 0) is 14.3 Å². The molecule has 1 aromatic rings. The van der Waals surface area contributed by atoms with Crippen molar-refractivity contribution in [2.24, 2.45) is 0 Å². The topological polar surface area (TPSA) is 61.8 Å². The predicted octanol–water partition coefficient (Wildman–Crippen LogP) is 1.20. The van der Waals surface area contributed by atoms with E-state index in [0.717, 1.165) is 0 Å². The minimum Gasteiger partial charge on any atom is -0.493 e. The first-order valence-electron chi connectivity index (χ1n) is 5.14. The summed E-state index contributed by atoms with van der Waals surface area (Å²) < 4.78 is 15.0. The molecular weight excluding hydrogens is 224 g/mol. The monoisotopic (exact) mass is 238 g/mol. The molecule has 92 valence electrons. The molecule has 0 amide bonds. The summed E-state index contributed by atoms with van der Waals surface area (Å²) in [6.07, 6.45) is -0.879. The quantitative estimate of drug-likeness (QED) is 0.423.